The zero-order valence-electron chi connectivity index (χ0n) is 11.9. The van der Waals surface area contributed by atoms with Crippen LogP contribution in [-0.2, 0) is 13.6 Å². The molecule has 3 rings (SSSR count). The molecule has 0 spiro atoms. The van der Waals surface area contributed by atoms with Crippen molar-refractivity contribution < 1.29 is 0 Å². The molecular formula is C15H18N4S. The van der Waals surface area contributed by atoms with Crippen LogP contribution in [0.4, 0.5) is 0 Å². The molecule has 1 aromatic carbocycles. The highest BCUT2D eigenvalue weighted by Gasteiger charge is 2.11. The molecule has 0 saturated heterocycles. The van der Waals surface area contributed by atoms with Crippen LogP contribution in [0.1, 0.15) is 28.7 Å². The summed E-state index contributed by atoms with van der Waals surface area (Å²) in [5.74, 6) is 1.05. The van der Waals surface area contributed by atoms with E-state index >= 15 is 0 Å². The van der Waals surface area contributed by atoms with Crippen LogP contribution in [0.5, 0.6) is 0 Å². The summed E-state index contributed by atoms with van der Waals surface area (Å²) in [6.07, 6.45) is 1.92. The molecule has 4 nitrogen and oxygen atoms in total. The molecule has 1 unspecified atom stereocenters. The first-order valence-corrected chi connectivity index (χ1v) is 7.53. The van der Waals surface area contributed by atoms with E-state index in [4.69, 9.17) is 0 Å². The lowest BCUT2D eigenvalue weighted by atomic mass is 10.3. The molecule has 20 heavy (non-hydrogen) atoms. The molecule has 0 saturated carbocycles. The number of rotatable bonds is 4. The average molecular weight is 286 g/mol. The number of fused-ring (bicyclic) bond motifs is 1. The van der Waals surface area contributed by atoms with Crippen LogP contribution < -0.4 is 5.32 Å². The molecule has 1 atom stereocenters. The third-order valence-corrected chi connectivity index (χ3v) is 4.55. The lowest BCUT2D eigenvalue weighted by Gasteiger charge is -2.10. The molecule has 2 aromatic heterocycles. The summed E-state index contributed by atoms with van der Waals surface area (Å²) in [6, 6.07) is 8.45. The molecule has 0 bridgehead atoms. The Hall–Kier alpha value is -1.72. The summed E-state index contributed by atoms with van der Waals surface area (Å²) >= 11 is 1.74. The van der Waals surface area contributed by atoms with Crippen molar-refractivity contribution in [3.05, 3.63) is 46.2 Å². The van der Waals surface area contributed by atoms with Crippen molar-refractivity contribution in [2.24, 2.45) is 7.05 Å². The van der Waals surface area contributed by atoms with Crippen LogP contribution in [0.3, 0.4) is 0 Å². The number of hydrogen-bond donors (Lipinski definition) is 1. The highest BCUT2D eigenvalue weighted by molar-refractivity contribution is 7.11. The zero-order valence-corrected chi connectivity index (χ0v) is 12.7. The van der Waals surface area contributed by atoms with Crippen LogP contribution in [0.15, 0.2) is 30.5 Å². The van der Waals surface area contributed by atoms with Gasteiger partial charge in [-0.1, -0.05) is 12.1 Å². The number of aromatic nitrogens is 3. The van der Waals surface area contributed by atoms with Gasteiger partial charge >= 0.3 is 0 Å². The van der Waals surface area contributed by atoms with E-state index in [1.54, 1.807) is 11.3 Å². The topological polar surface area (TPSA) is 42.7 Å². The Balaban J connectivity index is 1.75. The molecule has 0 aliphatic carbocycles. The Morgan fingerprint density at radius 3 is 2.85 bits per heavy atom. The molecule has 2 heterocycles. The van der Waals surface area contributed by atoms with E-state index in [0.717, 1.165) is 22.9 Å². The van der Waals surface area contributed by atoms with Crippen LogP contribution in [0.2, 0.25) is 0 Å². The maximum absolute atomic E-state index is 4.67. The van der Waals surface area contributed by atoms with Gasteiger partial charge in [-0.15, -0.1) is 11.3 Å². The molecule has 0 aliphatic rings. The lowest BCUT2D eigenvalue weighted by molar-refractivity contribution is 0.549. The molecule has 0 amide bonds. The van der Waals surface area contributed by atoms with Gasteiger partial charge in [-0.3, -0.25) is 0 Å². The van der Waals surface area contributed by atoms with Crippen LogP contribution >= 0.6 is 11.3 Å². The van der Waals surface area contributed by atoms with E-state index in [9.17, 15) is 0 Å². The van der Waals surface area contributed by atoms with Crippen molar-refractivity contribution in [3.8, 4) is 0 Å². The highest BCUT2D eigenvalue weighted by atomic mass is 32.1. The maximum Gasteiger partial charge on any atom is 0.123 e. The number of para-hydroxylation sites is 2. The molecule has 104 valence electrons. The Labute approximate surface area is 122 Å². The van der Waals surface area contributed by atoms with Gasteiger partial charge in [0.25, 0.3) is 0 Å². The third-order valence-electron chi connectivity index (χ3n) is 3.46. The number of nitrogens with zero attached hydrogens (tertiary/aromatic N) is 3. The number of benzene rings is 1. The Morgan fingerprint density at radius 2 is 2.15 bits per heavy atom. The second-order valence-corrected chi connectivity index (χ2v) is 6.25. The zero-order chi connectivity index (χ0) is 14.1. The van der Waals surface area contributed by atoms with Crippen molar-refractivity contribution >= 4 is 22.4 Å². The molecule has 5 heteroatoms. The van der Waals surface area contributed by atoms with E-state index in [-0.39, 0.29) is 6.04 Å². The Kier molecular flexibility index (Phi) is 3.54. The standard InChI is InChI=1S/C15H18N4S/c1-10-8-17-15(20-10)11(2)16-9-14-18-12-6-4-5-7-13(12)19(14)3/h4-8,11,16H,9H2,1-3H3. The third kappa shape index (κ3) is 2.46. The quantitative estimate of drug-likeness (QED) is 0.801. The lowest BCUT2D eigenvalue weighted by Crippen LogP contribution is -2.20. The van der Waals surface area contributed by atoms with Crippen LogP contribution in [0.25, 0.3) is 11.0 Å². The minimum Gasteiger partial charge on any atom is -0.330 e. The average Bonchev–Trinajstić information content (AvgIpc) is 3.01. The second-order valence-electron chi connectivity index (χ2n) is 4.99. The van der Waals surface area contributed by atoms with Gasteiger partial charge in [0.15, 0.2) is 0 Å². The number of thiazole rings is 1. The van der Waals surface area contributed by atoms with Gasteiger partial charge in [-0.2, -0.15) is 0 Å². The first-order chi connectivity index (χ1) is 9.65. The van der Waals surface area contributed by atoms with Crippen molar-refractivity contribution in [1.29, 1.82) is 0 Å². The predicted molar refractivity (Wildman–Crippen MR) is 82.8 cm³/mol. The molecule has 3 aromatic rings. The van der Waals surface area contributed by atoms with E-state index in [1.807, 2.05) is 24.4 Å². The summed E-state index contributed by atoms with van der Waals surface area (Å²) in [6.45, 7) is 4.96. The monoisotopic (exact) mass is 286 g/mol. The predicted octanol–water partition coefficient (Wildman–Crippen LogP) is 3.19. The van der Waals surface area contributed by atoms with Crippen molar-refractivity contribution in [2.75, 3.05) is 0 Å². The van der Waals surface area contributed by atoms with E-state index in [1.165, 1.54) is 10.4 Å². The van der Waals surface area contributed by atoms with Crippen molar-refractivity contribution in [3.63, 3.8) is 0 Å². The van der Waals surface area contributed by atoms with Gasteiger partial charge < -0.3 is 9.88 Å². The maximum atomic E-state index is 4.67. The summed E-state index contributed by atoms with van der Waals surface area (Å²) < 4.78 is 2.14. The molecule has 0 fully saturated rings. The summed E-state index contributed by atoms with van der Waals surface area (Å²) in [4.78, 5) is 10.3. The molecule has 0 aliphatic heterocycles. The smallest absolute Gasteiger partial charge is 0.123 e. The van der Waals surface area contributed by atoms with Gasteiger partial charge in [-0.05, 0) is 26.0 Å². The largest absolute Gasteiger partial charge is 0.330 e. The summed E-state index contributed by atoms with van der Waals surface area (Å²) in [5.41, 5.74) is 2.21. The molecule has 0 radical (unpaired) electrons. The fourth-order valence-electron chi connectivity index (χ4n) is 2.26. The minimum absolute atomic E-state index is 0.244. The van der Waals surface area contributed by atoms with Gasteiger partial charge in [0, 0.05) is 18.1 Å². The molecular weight excluding hydrogens is 268 g/mol. The Bertz CT molecular complexity index is 728. The van der Waals surface area contributed by atoms with Crippen molar-refractivity contribution in [1.82, 2.24) is 19.9 Å². The molecule has 1 N–H and O–H groups in total. The van der Waals surface area contributed by atoms with Gasteiger partial charge in [0.1, 0.15) is 10.8 Å². The highest BCUT2D eigenvalue weighted by Crippen LogP contribution is 2.20. The van der Waals surface area contributed by atoms with Gasteiger partial charge in [0.05, 0.1) is 23.6 Å². The minimum atomic E-state index is 0.244. The van der Waals surface area contributed by atoms with Gasteiger partial charge in [0.2, 0.25) is 0 Å². The number of imidazole rings is 1. The fraction of sp³-hybridized carbons (Fsp3) is 0.333. The van der Waals surface area contributed by atoms with E-state index in [0.29, 0.717) is 0 Å². The van der Waals surface area contributed by atoms with E-state index in [2.05, 4.69) is 46.8 Å². The number of nitrogens with one attached hydrogen (secondary N) is 1. The van der Waals surface area contributed by atoms with Crippen LogP contribution in [0, 0.1) is 6.92 Å². The summed E-state index contributed by atoms with van der Waals surface area (Å²) in [7, 11) is 2.06. The number of aryl methyl sites for hydroxylation is 2. The second kappa shape index (κ2) is 5.34. The normalized spacial score (nSPS) is 12.9. The SMILES string of the molecule is Cc1cnc(C(C)NCc2nc3ccccc3n2C)s1. The summed E-state index contributed by atoms with van der Waals surface area (Å²) in [5, 5.41) is 4.62. The first kappa shape index (κ1) is 13.3. The van der Waals surface area contributed by atoms with Gasteiger partial charge in [-0.25, -0.2) is 9.97 Å². The van der Waals surface area contributed by atoms with E-state index < -0.39 is 0 Å². The number of hydrogen-bond acceptors (Lipinski definition) is 4. The van der Waals surface area contributed by atoms with Crippen molar-refractivity contribution in [2.45, 2.75) is 26.4 Å². The Morgan fingerprint density at radius 1 is 1.35 bits per heavy atom. The van der Waals surface area contributed by atoms with Crippen LogP contribution in [-0.4, -0.2) is 14.5 Å². The first-order valence-electron chi connectivity index (χ1n) is 6.71. The fourth-order valence-corrected chi connectivity index (χ4v) is 3.06.